The van der Waals surface area contributed by atoms with Gasteiger partial charge in [-0.25, -0.2) is 0 Å². The summed E-state index contributed by atoms with van der Waals surface area (Å²) in [6, 6.07) is 0. The van der Waals surface area contributed by atoms with Crippen LogP contribution in [0.2, 0.25) is 0 Å². The van der Waals surface area contributed by atoms with Crippen LogP contribution in [-0.4, -0.2) is 11.5 Å². The second-order valence-corrected chi connectivity index (χ2v) is 13.5. The molecule has 1 heteroatoms. The summed E-state index contributed by atoms with van der Waals surface area (Å²) in [6.07, 6.45) is 21.2. The molecule has 0 bridgehead atoms. The Labute approximate surface area is 186 Å². The third-order valence-corrected chi connectivity index (χ3v) is 11.7. The highest BCUT2D eigenvalue weighted by molar-refractivity contribution is 7.99. The highest BCUT2D eigenvalue weighted by Crippen LogP contribution is 2.67. The molecule has 0 amide bonds. The Bertz CT molecular complexity index is 605. The maximum Gasteiger partial charge on any atom is 0.00819 e. The van der Waals surface area contributed by atoms with Crippen molar-refractivity contribution in [3.05, 3.63) is 11.6 Å². The Morgan fingerprint density at radius 1 is 1.00 bits per heavy atom. The summed E-state index contributed by atoms with van der Waals surface area (Å²) < 4.78 is 0. The fourth-order valence-corrected chi connectivity index (χ4v) is 9.55. The van der Waals surface area contributed by atoms with Crippen LogP contribution in [0.3, 0.4) is 0 Å². The van der Waals surface area contributed by atoms with Crippen LogP contribution < -0.4 is 0 Å². The van der Waals surface area contributed by atoms with E-state index in [1.54, 1.807) is 0 Å². The number of rotatable bonds is 6. The van der Waals surface area contributed by atoms with E-state index in [-0.39, 0.29) is 0 Å². The smallest absolute Gasteiger partial charge is 0.00819 e. The lowest BCUT2D eigenvalue weighted by Crippen LogP contribution is -2.50. The van der Waals surface area contributed by atoms with Crippen molar-refractivity contribution in [2.24, 2.45) is 46.3 Å². The van der Waals surface area contributed by atoms with E-state index >= 15 is 0 Å². The topological polar surface area (TPSA) is 0 Å². The molecule has 4 rings (SSSR count). The first-order valence-corrected chi connectivity index (χ1v) is 14.3. The van der Waals surface area contributed by atoms with Crippen molar-refractivity contribution in [1.82, 2.24) is 0 Å². The van der Waals surface area contributed by atoms with Crippen LogP contribution in [0.5, 0.6) is 0 Å². The predicted octanol–water partition coefficient (Wildman–Crippen LogP) is 8.76. The molecule has 0 aliphatic heterocycles. The predicted molar refractivity (Wildman–Crippen MR) is 130 cm³/mol. The third-order valence-electron chi connectivity index (χ3n) is 10.6. The zero-order valence-electron chi connectivity index (χ0n) is 20.3. The Morgan fingerprint density at radius 3 is 2.52 bits per heavy atom. The maximum atomic E-state index is 2.76. The number of allylic oxidation sites excluding steroid dienone is 2. The highest BCUT2D eigenvalue weighted by atomic mass is 32.2. The average molecular weight is 417 g/mol. The summed E-state index contributed by atoms with van der Waals surface area (Å²) in [6.45, 7) is 12.8. The first-order chi connectivity index (χ1) is 13.8. The molecule has 4 aliphatic rings. The quantitative estimate of drug-likeness (QED) is 0.390. The van der Waals surface area contributed by atoms with Crippen molar-refractivity contribution in [1.29, 1.82) is 0 Å². The summed E-state index contributed by atoms with van der Waals surface area (Å²) in [4.78, 5) is 0. The molecule has 166 valence electrons. The molecule has 29 heavy (non-hydrogen) atoms. The molecule has 0 saturated heterocycles. The molecule has 3 fully saturated rings. The van der Waals surface area contributed by atoms with Crippen molar-refractivity contribution in [3.63, 3.8) is 0 Å². The van der Waals surface area contributed by atoms with Crippen LogP contribution in [0.15, 0.2) is 11.6 Å². The molecular weight excluding hydrogens is 368 g/mol. The van der Waals surface area contributed by atoms with Gasteiger partial charge in [0.15, 0.2) is 0 Å². The van der Waals surface area contributed by atoms with E-state index in [0.29, 0.717) is 10.8 Å². The van der Waals surface area contributed by atoms with Crippen LogP contribution in [0.25, 0.3) is 0 Å². The van der Waals surface area contributed by atoms with Gasteiger partial charge in [-0.1, -0.05) is 65.5 Å². The fourth-order valence-electron chi connectivity index (χ4n) is 8.85. The monoisotopic (exact) mass is 416 g/mol. The van der Waals surface area contributed by atoms with Crippen molar-refractivity contribution < 1.29 is 0 Å². The standard InChI is InChI=1S/C28H48S/c1-19(2)8-7-9-20(3)24-12-13-25-23-11-10-21-18-22(29-6)14-16-27(21,4)26(23)15-17-28(24,25)5/h10,19-20,22-26H,7-9,11-18H2,1-6H3/t20-,22+,23+,24-,25+,26+,27+,28-/m1/s1. The summed E-state index contributed by atoms with van der Waals surface area (Å²) in [5, 5.41) is 0.891. The molecular formula is C28H48S. The van der Waals surface area contributed by atoms with E-state index in [0.717, 1.165) is 40.8 Å². The Hall–Kier alpha value is 0.0900. The Balaban J connectivity index is 1.48. The second-order valence-electron chi connectivity index (χ2n) is 12.4. The molecule has 0 aromatic carbocycles. The molecule has 0 heterocycles. The number of hydrogen-bond donors (Lipinski definition) is 0. The van der Waals surface area contributed by atoms with Crippen molar-refractivity contribution in [2.45, 2.75) is 110 Å². The lowest BCUT2D eigenvalue weighted by molar-refractivity contribution is -0.0497. The van der Waals surface area contributed by atoms with E-state index in [1.165, 1.54) is 70.6 Å². The molecule has 0 spiro atoms. The van der Waals surface area contributed by atoms with Crippen molar-refractivity contribution in [3.8, 4) is 0 Å². The van der Waals surface area contributed by atoms with Gasteiger partial charge >= 0.3 is 0 Å². The number of fused-ring (bicyclic) bond motifs is 5. The molecule has 0 unspecified atom stereocenters. The van der Waals surface area contributed by atoms with Gasteiger partial charge in [0.25, 0.3) is 0 Å². The summed E-state index contributed by atoms with van der Waals surface area (Å²) in [5.74, 6) is 5.77. The molecule has 0 nitrogen and oxygen atoms in total. The minimum absolute atomic E-state index is 0.539. The zero-order chi connectivity index (χ0) is 20.8. The SMILES string of the molecule is CS[C@H]1CC[C@@]2(C)C(=CC[C@H]3[C@@H]4CC[C@H]([C@H](C)CCCC(C)C)[C@@]4(C)CC[C@@H]32)C1. The van der Waals surface area contributed by atoms with Crippen LogP contribution >= 0.6 is 11.8 Å². The molecule has 0 aromatic rings. The normalized spacial score (nSPS) is 45.3. The van der Waals surface area contributed by atoms with Crippen LogP contribution in [0.1, 0.15) is 105 Å². The summed E-state index contributed by atoms with van der Waals surface area (Å²) in [5.41, 5.74) is 3.04. The van der Waals surface area contributed by atoms with Crippen molar-refractivity contribution in [2.75, 3.05) is 6.26 Å². The minimum atomic E-state index is 0.539. The van der Waals surface area contributed by atoms with E-state index < -0.39 is 0 Å². The lowest BCUT2D eigenvalue weighted by atomic mass is 9.47. The zero-order valence-corrected chi connectivity index (χ0v) is 21.1. The van der Waals surface area contributed by atoms with Gasteiger partial charge in [0.05, 0.1) is 0 Å². The van der Waals surface area contributed by atoms with Gasteiger partial charge in [-0.05, 0) is 104 Å². The maximum absolute atomic E-state index is 2.76. The van der Waals surface area contributed by atoms with Crippen molar-refractivity contribution >= 4 is 11.8 Å². The lowest BCUT2D eigenvalue weighted by Gasteiger charge is -2.58. The molecule has 4 aliphatic carbocycles. The third kappa shape index (κ3) is 3.89. The molecule has 0 N–H and O–H groups in total. The van der Waals surface area contributed by atoms with E-state index in [9.17, 15) is 0 Å². The Morgan fingerprint density at radius 2 is 1.79 bits per heavy atom. The highest BCUT2D eigenvalue weighted by Gasteiger charge is 2.59. The van der Waals surface area contributed by atoms with Gasteiger partial charge in [-0.15, -0.1) is 0 Å². The van der Waals surface area contributed by atoms with Crippen LogP contribution in [0.4, 0.5) is 0 Å². The molecule has 3 saturated carbocycles. The first-order valence-electron chi connectivity index (χ1n) is 13.0. The van der Waals surface area contributed by atoms with Gasteiger partial charge in [0.2, 0.25) is 0 Å². The van der Waals surface area contributed by atoms with E-state index in [1.807, 2.05) is 5.57 Å². The second kappa shape index (κ2) is 8.55. The Kier molecular flexibility index (Phi) is 6.57. The number of hydrogen-bond acceptors (Lipinski definition) is 1. The molecule has 0 radical (unpaired) electrons. The van der Waals surface area contributed by atoms with Gasteiger partial charge < -0.3 is 0 Å². The molecule has 0 aromatic heterocycles. The molecule has 8 atom stereocenters. The van der Waals surface area contributed by atoms with E-state index in [4.69, 9.17) is 0 Å². The van der Waals surface area contributed by atoms with Gasteiger partial charge in [-0.3, -0.25) is 0 Å². The summed E-state index contributed by atoms with van der Waals surface area (Å²) in [7, 11) is 0. The average Bonchev–Trinajstić information content (AvgIpc) is 3.04. The van der Waals surface area contributed by atoms with Gasteiger partial charge in [-0.2, -0.15) is 11.8 Å². The first kappa shape index (κ1) is 22.3. The number of thioether (sulfide) groups is 1. The van der Waals surface area contributed by atoms with E-state index in [2.05, 4.69) is 58.7 Å². The van der Waals surface area contributed by atoms with Crippen LogP contribution in [0, 0.1) is 46.3 Å². The van der Waals surface area contributed by atoms with Gasteiger partial charge in [0, 0.05) is 5.25 Å². The van der Waals surface area contributed by atoms with Crippen LogP contribution in [-0.2, 0) is 0 Å². The largest absolute Gasteiger partial charge is 0.162 e. The summed E-state index contributed by atoms with van der Waals surface area (Å²) >= 11 is 2.12. The fraction of sp³-hybridized carbons (Fsp3) is 0.929. The minimum Gasteiger partial charge on any atom is -0.162 e. The van der Waals surface area contributed by atoms with Gasteiger partial charge in [0.1, 0.15) is 0 Å².